The lowest BCUT2D eigenvalue weighted by atomic mass is 9.84. The number of amides is 1. The van der Waals surface area contributed by atoms with E-state index >= 15 is 8.78 Å². The number of ether oxygens (including phenoxy) is 1. The number of halogens is 2. The van der Waals surface area contributed by atoms with E-state index < -0.39 is 23.1 Å². The van der Waals surface area contributed by atoms with E-state index in [1.807, 2.05) is 52.0 Å². The van der Waals surface area contributed by atoms with Gasteiger partial charge < -0.3 is 14.6 Å². The Hall–Kier alpha value is -2.93. The number of aromatic nitrogens is 1. The summed E-state index contributed by atoms with van der Waals surface area (Å²) in [7, 11) is 0. The number of para-hydroxylation sites is 1. The minimum atomic E-state index is -0.904. The van der Waals surface area contributed by atoms with E-state index in [1.165, 1.54) is 18.6 Å². The van der Waals surface area contributed by atoms with Gasteiger partial charge in [0.15, 0.2) is 0 Å². The molecular formula is C30H37F2N3O2. The van der Waals surface area contributed by atoms with Gasteiger partial charge in [-0.3, -0.25) is 9.69 Å². The highest BCUT2D eigenvalue weighted by molar-refractivity contribution is 5.88. The van der Waals surface area contributed by atoms with Gasteiger partial charge in [0, 0.05) is 59.8 Å². The molecule has 0 saturated carbocycles. The molecule has 7 heteroatoms. The van der Waals surface area contributed by atoms with Crippen molar-refractivity contribution < 1.29 is 18.3 Å². The molecular weight excluding hydrogens is 472 g/mol. The molecule has 1 fully saturated rings. The summed E-state index contributed by atoms with van der Waals surface area (Å²) in [5.74, 6) is -0.657. The fourth-order valence-corrected chi connectivity index (χ4v) is 5.77. The van der Waals surface area contributed by atoms with Gasteiger partial charge in [-0.2, -0.15) is 0 Å². The standard InChI is InChI=1S/C30H37F2N3O2/c1-6-19-16-34(17-19)11-12-37-20-14-23(31)26(24(32)15-20)28-27-22(21-9-7-8-10-25(21)33-27)13-18(2)35(28)29(36)30(3,4)5/h7-10,14-15,18-19,28,33H,6,11-13,16-17H2,1-5H3/t18-,28-/m1/s1. The molecule has 1 aromatic heterocycles. The van der Waals surface area contributed by atoms with Gasteiger partial charge in [0.25, 0.3) is 0 Å². The van der Waals surface area contributed by atoms with Crippen LogP contribution in [0.25, 0.3) is 10.9 Å². The molecule has 198 valence electrons. The van der Waals surface area contributed by atoms with Gasteiger partial charge >= 0.3 is 0 Å². The highest BCUT2D eigenvalue weighted by atomic mass is 19.1. The van der Waals surface area contributed by atoms with Gasteiger partial charge in [-0.05, 0) is 30.9 Å². The number of rotatable bonds is 6. The highest BCUT2D eigenvalue weighted by Gasteiger charge is 2.44. The number of carbonyl (C=O) groups is 1. The van der Waals surface area contributed by atoms with Crippen molar-refractivity contribution in [3.8, 4) is 5.75 Å². The zero-order valence-electron chi connectivity index (χ0n) is 22.4. The first-order valence-electron chi connectivity index (χ1n) is 13.3. The van der Waals surface area contributed by atoms with Crippen molar-refractivity contribution >= 4 is 16.8 Å². The molecule has 1 saturated heterocycles. The first-order chi connectivity index (χ1) is 17.6. The lowest BCUT2D eigenvalue weighted by molar-refractivity contribution is -0.144. The van der Waals surface area contributed by atoms with Crippen LogP contribution in [0, 0.1) is 23.0 Å². The Morgan fingerprint density at radius 2 is 1.81 bits per heavy atom. The molecule has 0 spiro atoms. The molecule has 0 unspecified atom stereocenters. The van der Waals surface area contributed by atoms with Crippen LogP contribution in [0.4, 0.5) is 8.78 Å². The summed E-state index contributed by atoms with van der Waals surface area (Å²) in [6, 6.07) is 9.22. The van der Waals surface area contributed by atoms with Crippen LogP contribution < -0.4 is 4.74 Å². The molecule has 2 aromatic carbocycles. The fourth-order valence-electron chi connectivity index (χ4n) is 5.77. The van der Waals surface area contributed by atoms with E-state index in [-0.39, 0.29) is 23.3 Å². The molecule has 2 atom stereocenters. The number of benzene rings is 2. The smallest absolute Gasteiger partial charge is 0.229 e. The summed E-state index contributed by atoms with van der Waals surface area (Å²) < 4.78 is 37.3. The number of likely N-dealkylation sites (tertiary alicyclic amines) is 1. The molecule has 2 aliphatic rings. The number of carbonyl (C=O) groups excluding carboxylic acids is 1. The normalized spacial score (nSPS) is 20.7. The number of hydrogen-bond donors (Lipinski definition) is 1. The van der Waals surface area contributed by atoms with Crippen molar-refractivity contribution in [2.75, 3.05) is 26.2 Å². The van der Waals surface area contributed by atoms with Crippen LogP contribution in [-0.4, -0.2) is 53.0 Å². The highest BCUT2D eigenvalue weighted by Crippen LogP contribution is 2.44. The number of fused-ring (bicyclic) bond motifs is 3. The average Bonchev–Trinajstić information content (AvgIpc) is 3.17. The van der Waals surface area contributed by atoms with Crippen molar-refractivity contribution in [1.82, 2.24) is 14.8 Å². The van der Waals surface area contributed by atoms with Gasteiger partial charge in [-0.15, -0.1) is 0 Å². The Bertz CT molecular complexity index is 1280. The molecule has 3 aromatic rings. The van der Waals surface area contributed by atoms with Crippen LogP contribution in [0.5, 0.6) is 5.75 Å². The summed E-state index contributed by atoms with van der Waals surface area (Å²) in [5, 5.41) is 1.02. The van der Waals surface area contributed by atoms with Crippen molar-refractivity contribution in [3.63, 3.8) is 0 Å². The second-order valence-electron chi connectivity index (χ2n) is 11.7. The molecule has 0 bridgehead atoms. The number of aromatic amines is 1. The molecule has 2 aliphatic heterocycles. The maximum Gasteiger partial charge on any atom is 0.229 e. The molecule has 37 heavy (non-hydrogen) atoms. The van der Waals surface area contributed by atoms with E-state index in [0.29, 0.717) is 18.7 Å². The predicted molar refractivity (Wildman–Crippen MR) is 142 cm³/mol. The second kappa shape index (κ2) is 9.75. The van der Waals surface area contributed by atoms with Crippen LogP contribution in [0.1, 0.15) is 63.9 Å². The van der Waals surface area contributed by atoms with Crippen LogP contribution >= 0.6 is 0 Å². The number of H-pyrrole nitrogens is 1. The Morgan fingerprint density at radius 3 is 2.46 bits per heavy atom. The maximum atomic E-state index is 15.8. The molecule has 0 aliphatic carbocycles. The summed E-state index contributed by atoms with van der Waals surface area (Å²) in [6.45, 7) is 12.8. The van der Waals surface area contributed by atoms with Crippen LogP contribution in [0.15, 0.2) is 36.4 Å². The van der Waals surface area contributed by atoms with Crippen molar-refractivity contribution in [3.05, 3.63) is 64.9 Å². The lowest BCUT2D eigenvalue weighted by Crippen LogP contribution is -2.50. The van der Waals surface area contributed by atoms with E-state index in [2.05, 4.69) is 16.8 Å². The average molecular weight is 510 g/mol. The van der Waals surface area contributed by atoms with Gasteiger partial charge in [0.05, 0.1) is 5.56 Å². The minimum absolute atomic E-state index is 0.127. The largest absolute Gasteiger partial charge is 0.492 e. The Balaban J connectivity index is 1.50. The van der Waals surface area contributed by atoms with Crippen molar-refractivity contribution in [2.24, 2.45) is 11.3 Å². The molecule has 3 heterocycles. The first kappa shape index (κ1) is 25.7. The summed E-state index contributed by atoms with van der Waals surface area (Å²) in [4.78, 5) is 21.0. The zero-order chi connectivity index (χ0) is 26.5. The molecule has 1 N–H and O–H groups in total. The third kappa shape index (κ3) is 4.74. The van der Waals surface area contributed by atoms with E-state index in [9.17, 15) is 4.79 Å². The predicted octanol–water partition coefficient (Wildman–Crippen LogP) is 6.08. The number of hydrogen-bond acceptors (Lipinski definition) is 3. The monoisotopic (exact) mass is 509 g/mol. The SMILES string of the molecule is CCC1CN(CCOc2cc(F)c([C@@H]3c4[nH]c5ccccc5c4C[C@@H](C)N3C(=O)C(C)(C)C)c(F)c2)C1. The van der Waals surface area contributed by atoms with Crippen molar-refractivity contribution in [2.45, 2.75) is 59.5 Å². The number of nitrogens with zero attached hydrogens (tertiary/aromatic N) is 2. The third-order valence-electron chi connectivity index (χ3n) is 7.86. The van der Waals surface area contributed by atoms with E-state index in [0.717, 1.165) is 42.0 Å². The van der Waals surface area contributed by atoms with Crippen LogP contribution in [0.3, 0.4) is 0 Å². The van der Waals surface area contributed by atoms with E-state index in [1.54, 1.807) is 4.90 Å². The Morgan fingerprint density at radius 1 is 1.14 bits per heavy atom. The quantitative estimate of drug-likeness (QED) is 0.438. The van der Waals surface area contributed by atoms with Gasteiger partial charge in [0.1, 0.15) is 30.0 Å². The van der Waals surface area contributed by atoms with E-state index in [4.69, 9.17) is 4.74 Å². The maximum absolute atomic E-state index is 15.8. The first-order valence-corrected chi connectivity index (χ1v) is 13.3. The lowest BCUT2D eigenvalue weighted by Gasteiger charge is -2.44. The number of nitrogens with one attached hydrogen (secondary N) is 1. The fraction of sp³-hybridized carbons (Fsp3) is 0.500. The zero-order valence-corrected chi connectivity index (χ0v) is 22.4. The molecule has 5 nitrogen and oxygen atoms in total. The molecule has 0 radical (unpaired) electrons. The second-order valence-corrected chi connectivity index (χ2v) is 11.7. The van der Waals surface area contributed by atoms with Gasteiger partial charge in [-0.1, -0.05) is 52.3 Å². The van der Waals surface area contributed by atoms with Crippen molar-refractivity contribution in [1.29, 1.82) is 0 Å². The molecule has 1 amide bonds. The summed E-state index contributed by atoms with van der Waals surface area (Å²) >= 11 is 0. The Kier molecular flexibility index (Phi) is 6.77. The van der Waals surface area contributed by atoms with Crippen LogP contribution in [-0.2, 0) is 11.2 Å². The van der Waals surface area contributed by atoms with Crippen LogP contribution in [0.2, 0.25) is 0 Å². The summed E-state index contributed by atoms with van der Waals surface area (Å²) in [6.07, 6.45) is 1.78. The van der Waals surface area contributed by atoms with Gasteiger partial charge in [-0.25, -0.2) is 8.78 Å². The topological polar surface area (TPSA) is 48.6 Å². The summed E-state index contributed by atoms with van der Waals surface area (Å²) in [5.41, 5.74) is 1.74. The van der Waals surface area contributed by atoms with Gasteiger partial charge in [0.2, 0.25) is 5.91 Å². The minimum Gasteiger partial charge on any atom is -0.492 e. The third-order valence-corrected chi connectivity index (χ3v) is 7.86. The molecule has 5 rings (SSSR count). The Labute approximate surface area is 217 Å².